The zero-order valence-electron chi connectivity index (χ0n) is 33.3. The van der Waals surface area contributed by atoms with Crippen LogP contribution < -0.4 is 20.1 Å². The van der Waals surface area contributed by atoms with E-state index in [0.29, 0.717) is 21.9 Å². The molecule has 288 valence electrons. The molecule has 0 atom stereocenters. The van der Waals surface area contributed by atoms with Crippen LogP contribution in [0.2, 0.25) is 0 Å². The number of rotatable bonds is 12. The number of fused-ring (bicyclic) bond motifs is 1. The molecule has 0 radical (unpaired) electrons. The van der Waals surface area contributed by atoms with Crippen LogP contribution in [0.15, 0.2) is 171 Å². The second-order valence-corrected chi connectivity index (χ2v) is 14.1. The van der Waals surface area contributed by atoms with Crippen molar-refractivity contribution in [2.75, 3.05) is 24.9 Å². The van der Waals surface area contributed by atoms with Crippen LogP contribution in [0.4, 0.5) is 22.7 Å². The molecule has 0 aliphatic heterocycles. The number of nitrogens with one attached hydrogen (secondary N) is 2. The average Bonchev–Trinajstić information content (AvgIpc) is 3.31. The summed E-state index contributed by atoms with van der Waals surface area (Å²) < 4.78 is 10.6. The highest BCUT2D eigenvalue weighted by atomic mass is 16.5. The minimum atomic E-state index is 0.468. The van der Waals surface area contributed by atoms with Gasteiger partial charge in [-0.2, -0.15) is 10.5 Å². The Hall–Kier alpha value is -8.32. The summed E-state index contributed by atoms with van der Waals surface area (Å²) in [7, 11) is 3.32. The molecule has 0 unspecified atom stereocenters. The second kappa shape index (κ2) is 17.0. The second-order valence-electron chi connectivity index (χ2n) is 14.1. The van der Waals surface area contributed by atoms with E-state index in [0.717, 1.165) is 89.9 Å². The Kier molecular flexibility index (Phi) is 10.9. The van der Waals surface area contributed by atoms with Crippen molar-refractivity contribution in [3.8, 4) is 68.1 Å². The van der Waals surface area contributed by atoms with Gasteiger partial charge in [-0.1, -0.05) is 122 Å². The number of nitrogens with zero attached hydrogens (tertiary/aromatic N) is 2. The van der Waals surface area contributed by atoms with Crippen LogP contribution in [0.1, 0.15) is 22.3 Å². The fourth-order valence-electron chi connectivity index (χ4n) is 7.72. The van der Waals surface area contributed by atoms with E-state index >= 15 is 0 Å². The van der Waals surface area contributed by atoms with E-state index in [1.807, 2.05) is 133 Å². The van der Waals surface area contributed by atoms with E-state index < -0.39 is 0 Å². The summed E-state index contributed by atoms with van der Waals surface area (Å²) in [5, 5.41) is 30.2. The summed E-state index contributed by atoms with van der Waals surface area (Å²) in [6.07, 6.45) is 3.60. The molecule has 6 heteroatoms. The van der Waals surface area contributed by atoms with Gasteiger partial charge in [0.15, 0.2) is 0 Å². The van der Waals surface area contributed by atoms with E-state index in [1.165, 1.54) is 0 Å². The van der Waals surface area contributed by atoms with Gasteiger partial charge in [0, 0.05) is 55.8 Å². The summed E-state index contributed by atoms with van der Waals surface area (Å²) in [4.78, 5) is 0. The minimum absolute atomic E-state index is 0.468. The number of hydrogen-bond acceptors (Lipinski definition) is 6. The molecule has 6 nitrogen and oxygen atoms in total. The Balaban J connectivity index is 1.16. The number of benzene rings is 8. The van der Waals surface area contributed by atoms with E-state index in [9.17, 15) is 10.5 Å². The third-order valence-corrected chi connectivity index (χ3v) is 10.8. The van der Waals surface area contributed by atoms with Gasteiger partial charge in [-0.3, -0.25) is 0 Å². The van der Waals surface area contributed by atoms with Crippen molar-refractivity contribution in [2.45, 2.75) is 0 Å². The third-order valence-electron chi connectivity index (χ3n) is 10.8. The molecule has 0 spiro atoms. The van der Waals surface area contributed by atoms with Gasteiger partial charge in [0.2, 0.25) is 0 Å². The van der Waals surface area contributed by atoms with Crippen LogP contribution >= 0.6 is 0 Å². The molecular formula is C54H40N4O2. The molecule has 8 aromatic rings. The number of hydrogen-bond donors (Lipinski definition) is 2. The molecular weight excluding hydrogens is 737 g/mol. The van der Waals surface area contributed by atoms with Gasteiger partial charge in [0.25, 0.3) is 0 Å². The topological polar surface area (TPSA) is 90.1 Å². The Bertz CT molecular complexity index is 2770. The third kappa shape index (κ3) is 7.45. The molecule has 0 heterocycles. The number of nitriles is 2. The lowest BCUT2D eigenvalue weighted by atomic mass is 9.86. The molecule has 0 saturated heterocycles. The molecule has 8 rings (SSSR count). The monoisotopic (exact) mass is 776 g/mol. The maximum Gasteiger partial charge on any atom is 0.118 e. The predicted molar refractivity (Wildman–Crippen MR) is 248 cm³/mol. The Labute approximate surface area is 350 Å². The van der Waals surface area contributed by atoms with E-state index in [-0.39, 0.29) is 0 Å². The Morgan fingerprint density at radius 2 is 0.800 bits per heavy atom. The molecule has 60 heavy (non-hydrogen) atoms. The van der Waals surface area contributed by atoms with Crippen LogP contribution in [0, 0.1) is 22.7 Å². The van der Waals surface area contributed by atoms with Crippen LogP contribution in [-0.4, -0.2) is 14.2 Å². The summed E-state index contributed by atoms with van der Waals surface area (Å²) in [6, 6.07) is 57.1. The molecule has 0 saturated carbocycles. The SMILES string of the molecule is C=Cc1cccc(Nc2ccc(-c3ccc(OC)cc3)cc2)c1-c1ccc2c(C#N)c(-c3c(C=C)cccc3Nc3ccc(-c4ccc(OC)cc4)cc3)ccc2c1C#N. The van der Waals surface area contributed by atoms with Crippen molar-refractivity contribution in [1.82, 2.24) is 0 Å². The average molecular weight is 777 g/mol. The van der Waals surface area contributed by atoms with E-state index in [1.54, 1.807) is 26.4 Å². The lowest BCUT2D eigenvalue weighted by molar-refractivity contribution is 0.415. The molecule has 0 aromatic heterocycles. The molecule has 0 fully saturated rings. The Morgan fingerprint density at radius 3 is 1.12 bits per heavy atom. The molecule has 2 N–H and O–H groups in total. The first-order chi connectivity index (χ1) is 29.5. The van der Waals surface area contributed by atoms with Crippen LogP contribution in [-0.2, 0) is 0 Å². The first-order valence-corrected chi connectivity index (χ1v) is 19.4. The molecule has 0 bridgehead atoms. The van der Waals surface area contributed by atoms with Crippen molar-refractivity contribution in [3.05, 3.63) is 193 Å². The lowest BCUT2D eigenvalue weighted by Crippen LogP contribution is -2.00. The van der Waals surface area contributed by atoms with Gasteiger partial charge in [-0.05, 0) is 94.0 Å². The number of ether oxygens (including phenoxy) is 2. The van der Waals surface area contributed by atoms with Gasteiger partial charge in [-0.15, -0.1) is 0 Å². The lowest BCUT2D eigenvalue weighted by Gasteiger charge is -2.19. The highest BCUT2D eigenvalue weighted by Gasteiger charge is 2.21. The van der Waals surface area contributed by atoms with Crippen molar-refractivity contribution < 1.29 is 9.47 Å². The van der Waals surface area contributed by atoms with Gasteiger partial charge < -0.3 is 20.1 Å². The quantitative estimate of drug-likeness (QED) is 0.128. The fourth-order valence-corrected chi connectivity index (χ4v) is 7.72. The predicted octanol–water partition coefficient (Wildman–Crippen LogP) is 14.0. The van der Waals surface area contributed by atoms with Crippen LogP contribution in [0.25, 0.3) is 67.4 Å². The highest BCUT2D eigenvalue weighted by Crippen LogP contribution is 2.43. The standard InChI is InChI=1S/C54H40N4O2/c1-5-35-9-7-11-51(57-41-21-13-37(14-22-41)39-17-25-43(59-3)26-18-39)53(35)47-31-29-46-45(49(47)33-55)30-32-48(50(46)34-56)54-36(6-2)10-8-12-52(54)58-42-23-15-38(16-24-42)40-19-27-44(60-4)28-20-40/h5-32,57-58H,1-2H2,3-4H3. The zero-order chi connectivity index (χ0) is 41.6. The smallest absolute Gasteiger partial charge is 0.118 e. The summed E-state index contributed by atoms with van der Waals surface area (Å²) in [5.74, 6) is 1.62. The van der Waals surface area contributed by atoms with Gasteiger partial charge in [0.05, 0.1) is 25.3 Å². The largest absolute Gasteiger partial charge is 0.497 e. The van der Waals surface area contributed by atoms with Crippen molar-refractivity contribution >= 4 is 45.7 Å². The molecule has 0 aliphatic rings. The number of anilines is 4. The van der Waals surface area contributed by atoms with Gasteiger partial charge >= 0.3 is 0 Å². The van der Waals surface area contributed by atoms with Gasteiger partial charge in [-0.25, -0.2) is 0 Å². The Morgan fingerprint density at radius 1 is 0.450 bits per heavy atom. The summed E-state index contributed by atoms with van der Waals surface area (Å²) >= 11 is 0. The molecule has 8 aromatic carbocycles. The summed E-state index contributed by atoms with van der Waals surface area (Å²) in [5.41, 5.74) is 13.6. The van der Waals surface area contributed by atoms with Crippen molar-refractivity contribution in [3.63, 3.8) is 0 Å². The summed E-state index contributed by atoms with van der Waals surface area (Å²) in [6.45, 7) is 8.22. The van der Waals surface area contributed by atoms with Crippen molar-refractivity contribution in [2.24, 2.45) is 0 Å². The first kappa shape index (κ1) is 38.5. The zero-order valence-corrected chi connectivity index (χ0v) is 33.3. The molecule has 0 aliphatic carbocycles. The molecule has 0 amide bonds. The first-order valence-electron chi connectivity index (χ1n) is 19.4. The van der Waals surface area contributed by atoms with E-state index in [4.69, 9.17) is 9.47 Å². The fraction of sp³-hybridized carbons (Fsp3) is 0.0370. The minimum Gasteiger partial charge on any atom is -0.497 e. The maximum atomic E-state index is 10.8. The van der Waals surface area contributed by atoms with E-state index in [2.05, 4.69) is 60.2 Å². The normalized spacial score (nSPS) is 10.6. The van der Waals surface area contributed by atoms with Crippen LogP contribution in [0.5, 0.6) is 11.5 Å². The maximum absolute atomic E-state index is 10.8. The highest BCUT2D eigenvalue weighted by molar-refractivity contribution is 6.05. The number of methoxy groups -OCH3 is 2. The van der Waals surface area contributed by atoms with Crippen molar-refractivity contribution in [1.29, 1.82) is 10.5 Å². The van der Waals surface area contributed by atoms with Crippen LogP contribution in [0.3, 0.4) is 0 Å². The van der Waals surface area contributed by atoms with Gasteiger partial charge in [0.1, 0.15) is 23.6 Å².